The minimum atomic E-state index is 0. The first-order valence-corrected chi connectivity index (χ1v) is 6.59. The van der Waals surface area contributed by atoms with Gasteiger partial charge in [-0.25, -0.2) is 0 Å². The van der Waals surface area contributed by atoms with Gasteiger partial charge in [0, 0.05) is 18.8 Å². The summed E-state index contributed by atoms with van der Waals surface area (Å²) in [7, 11) is 2.20. The van der Waals surface area contributed by atoms with Crippen molar-refractivity contribution in [3.8, 4) is 0 Å². The summed E-state index contributed by atoms with van der Waals surface area (Å²) >= 11 is 0. The van der Waals surface area contributed by atoms with Crippen molar-refractivity contribution in [2.24, 2.45) is 5.92 Å². The first-order chi connectivity index (χ1) is 8.27. The number of nitrogens with one attached hydrogen (secondary N) is 1. The van der Waals surface area contributed by atoms with E-state index in [4.69, 9.17) is 0 Å². The molecule has 2 unspecified atom stereocenters. The van der Waals surface area contributed by atoms with Gasteiger partial charge >= 0.3 is 0 Å². The third-order valence-corrected chi connectivity index (χ3v) is 3.72. The van der Waals surface area contributed by atoms with Crippen LogP contribution in [0.3, 0.4) is 0 Å². The molecule has 1 aromatic heterocycles. The van der Waals surface area contributed by atoms with Gasteiger partial charge in [0.25, 0.3) is 0 Å². The largest absolute Gasteiger partial charge is 0.316 e. The molecule has 18 heavy (non-hydrogen) atoms. The molecular formula is C14H24ClN3. The van der Waals surface area contributed by atoms with Crippen molar-refractivity contribution in [2.75, 3.05) is 26.7 Å². The molecule has 4 heteroatoms. The molecule has 2 heterocycles. The highest BCUT2D eigenvalue weighted by molar-refractivity contribution is 5.85. The van der Waals surface area contributed by atoms with Gasteiger partial charge in [0.05, 0.1) is 5.69 Å². The van der Waals surface area contributed by atoms with Crippen molar-refractivity contribution < 1.29 is 0 Å². The van der Waals surface area contributed by atoms with E-state index in [1.165, 1.54) is 31.6 Å². The van der Waals surface area contributed by atoms with Crippen LogP contribution in [0.1, 0.15) is 31.5 Å². The van der Waals surface area contributed by atoms with Gasteiger partial charge in [0.2, 0.25) is 0 Å². The Kier molecular flexibility index (Phi) is 6.61. The third kappa shape index (κ3) is 4.23. The minimum absolute atomic E-state index is 0. The van der Waals surface area contributed by atoms with Crippen molar-refractivity contribution in [3.63, 3.8) is 0 Å². The zero-order valence-electron chi connectivity index (χ0n) is 11.3. The molecule has 0 bridgehead atoms. The van der Waals surface area contributed by atoms with E-state index < -0.39 is 0 Å². The highest BCUT2D eigenvalue weighted by Crippen LogP contribution is 2.19. The van der Waals surface area contributed by atoms with Gasteiger partial charge in [-0.1, -0.05) is 6.07 Å². The second-order valence-electron chi connectivity index (χ2n) is 5.08. The van der Waals surface area contributed by atoms with Gasteiger partial charge < -0.3 is 5.32 Å². The summed E-state index contributed by atoms with van der Waals surface area (Å²) in [4.78, 5) is 6.85. The lowest BCUT2D eigenvalue weighted by Gasteiger charge is -2.31. The van der Waals surface area contributed by atoms with Crippen LogP contribution in [-0.4, -0.2) is 36.6 Å². The summed E-state index contributed by atoms with van der Waals surface area (Å²) in [5.41, 5.74) is 1.17. The highest BCUT2D eigenvalue weighted by atomic mass is 35.5. The molecule has 0 spiro atoms. The van der Waals surface area contributed by atoms with Crippen LogP contribution in [0.15, 0.2) is 24.4 Å². The molecule has 0 saturated carbocycles. The second kappa shape index (κ2) is 7.72. The van der Waals surface area contributed by atoms with Crippen molar-refractivity contribution in [2.45, 2.75) is 25.8 Å². The van der Waals surface area contributed by atoms with Gasteiger partial charge in [-0.2, -0.15) is 0 Å². The number of piperidine rings is 1. The minimum Gasteiger partial charge on any atom is -0.316 e. The van der Waals surface area contributed by atoms with E-state index in [0.717, 1.165) is 12.5 Å². The average molecular weight is 270 g/mol. The monoisotopic (exact) mass is 269 g/mol. The smallest absolute Gasteiger partial charge is 0.0572 e. The molecule has 2 rings (SSSR count). The number of halogens is 1. The Hall–Kier alpha value is -0.640. The van der Waals surface area contributed by atoms with E-state index in [-0.39, 0.29) is 12.4 Å². The van der Waals surface area contributed by atoms with Gasteiger partial charge in [-0.3, -0.25) is 9.88 Å². The fourth-order valence-corrected chi connectivity index (χ4v) is 2.49. The molecule has 0 radical (unpaired) electrons. The van der Waals surface area contributed by atoms with Crippen LogP contribution in [0, 0.1) is 5.92 Å². The molecule has 1 N–H and O–H groups in total. The van der Waals surface area contributed by atoms with E-state index in [2.05, 4.69) is 41.3 Å². The first-order valence-electron chi connectivity index (χ1n) is 6.59. The molecule has 1 saturated heterocycles. The summed E-state index contributed by atoms with van der Waals surface area (Å²) < 4.78 is 0. The lowest BCUT2D eigenvalue weighted by Crippen LogP contribution is -2.37. The Balaban J connectivity index is 0.00000162. The van der Waals surface area contributed by atoms with Crippen molar-refractivity contribution in [1.82, 2.24) is 15.2 Å². The van der Waals surface area contributed by atoms with Crippen LogP contribution >= 0.6 is 12.4 Å². The third-order valence-electron chi connectivity index (χ3n) is 3.72. The maximum atomic E-state index is 4.44. The molecule has 1 fully saturated rings. The second-order valence-corrected chi connectivity index (χ2v) is 5.08. The first kappa shape index (κ1) is 15.4. The van der Waals surface area contributed by atoms with Crippen LogP contribution in [-0.2, 0) is 0 Å². The standard InChI is InChI=1S/C14H23N3.ClH/c1-12(14-7-3-4-9-16-14)17(2)11-13-6-5-8-15-10-13;/h3-4,7,9,12-13,15H,5-6,8,10-11H2,1-2H3;1H. The predicted octanol–water partition coefficient (Wildman–Crippen LogP) is 2.50. The number of hydrogen-bond acceptors (Lipinski definition) is 3. The summed E-state index contributed by atoms with van der Waals surface area (Å²) in [5.74, 6) is 0.792. The lowest BCUT2D eigenvalue weighted by molar-refractivity contribution is 0.196. The summed E-state index contributed by atoms with van der Waals surface area (Å²) in [6, 6.07) is 6.55. The zero-order chi connectivity index (χ0) is 12.1. The molecule has 102 valence electrons. The SMILES string of the molecule is CC(c1ccccn1)N(C)CC1CCCNC1.Cl. The molecule has 0 aromatic carbocycles. The molecule has 1 aliphatic rings. The number of nitrogens with zero attached hydrogens (tertiary/aromatic N) is 2. The van der Waals surface area contributed by atoms with E-state index in [1.807, 2.05) is 12.3 Å². The average Bonchev–Trinajstić information content (AvgIpc) is 2.40. The van der Waals surface area contributed by atoms with E-state index in [0.29, 0.717) is 6.04 Å². The quantitative estimate of drug-likeness (QED) is 0.910. The van der Waals surface area contributed by atoms with Crippen LogP contribution in [0.2, 0.25) is 0 Å². The number of rotatable bonds is 4. The summed E-state index contributed by atoms with van der Waals surface area (Å²) in [5, 5.41) is 3.48. The maximum Gasteiger partial charge on any atom is 0.0572 e. The van der Waals surface area contributed by atoms with Crippen molar-refractivity contribution in [1.29, 1.82) is 0 Å². The summed E-state index contributed by atoms with van der Waals surface area (Å²) in [6.45, 7) is 5.75. The van der Waals surface area contributed by atoms with Gasteiger partial charge in [-0.15, -0.1) is 12.4 Å². The molecule has 3 nitrogen and oxygen atoms in total. The molecule has 0 aliphatic carbocycles. The molecule has 1 aromatic rings. The Labute approximate surface area is 116 Å². The van der Waals surface area contributed by atoms with Crippen molar-refractivity contribution in [3.05, 3.63) is 30.1 Å². The topological polar surface area (TPSA) is 28.2 Å². The maximum absolute atomic E-state index is 4.44. The summed E-state index contributed by atoms with van der Waals surface area (Å²) in [6.07, 6.45) is 4.55. The number of hydrogen-bond donors (Lipinski definition) is 1. The highest BCUT2D eigenvalue weighted by Gasteiger charge is 2.19. The van der Waals surface area contributed by atoms with Gasteiger partial charge in [-0.05, 0) is 58.0 Å². The van der Waals surface area contributed by atoms with Crippen LogP contribution < -0.4 is 5.32 Å². The fraction of sp³-hybridized carbons (Fsp3) is 0.643. The predicted molar refractivity (Wildman–Crippen MR) is 78.1 cm³/mol. The number of pyridine rings is 1. The lowest BCUT2D eigenvalue weighted by atomic mass is 9.98. The number of aromatic nitrogens is 1. The van der Waals surface area contributed by atoms with Gasteiger partial charge in [0.15, 0.2) is 0 Å². The Morgan fingerprint density at radius 1 is 1.50 bits per heavy atom. The molecule has 2 atom stereocenters. The molecule has 1 aliphatic heterocycles. The Bertz CT molecular complexity index is 325. The van der Waals surface area contributed by atoms with Crippen LogP contribution in [0.25, 0.3) is 0 Å². The van der Waals surface area contributed by atoms with E-state index in [1.54, 1.807) is 0 Å². The van der Waals surface area contributed by atoms with Crippen LogP contribution in [0.5, 0.6) is 0 Å². The Morgan fingerprint density at radius 2 is 2.33 bits per heavy atom. The fourth-order valence-electron chi connectivity index (χ4n) is 2.49. The Morgan fingerprint density at radius 3 is 2.94 bits per heavy atom. The molecular weight excluding hydrogens is 246 g/mol. The van der Waals surface area contributed by atoms with E-state index >= 15 is 0 Å². The zero-order valence-corrected chi connectivity index (χ0v) is 12.1. The molecule has 0 amide bonds. The van der Waals surface area contributed by atoms with Crippen molar-refractivity contribution >= 4 is 12.4 Å². The van der Waals surface area contributed by atoms with Gasteiger partial charge in [0.1, 0.15) is 0 Å². The van der Waals surface area contributed by atoms with E-state index in [9.17, 15) is 0 Å². The normalized spacial score (nSPS) is 21.4. The van der Waals surface area contributed by atoms with Crippen LogP contribution in [0.4, 0.5) is 0 Å².